The van der Waals surface area contributed by atoms with Crippen LogP contribution in [0.3, 0.4) is 0 Å². The summed E-state index contributed by atoms with van der Waals surface area (Å²) in [6, 6.07) is 8.94. The van der Waals surface area contributed by atoms with Crippen molar-refractivity contribution in [1.29, 1.82) is 0 Å². The number of rotatable bonds is 2. The molecule has 0 atom stereocenters. The van der Waals surface area contributed by atoms with Crippen LogP contribution in [0.4, 0.5) is 0 Å². The van der Waals surface area contributed by atoms with Crippen LogP contribution in [-0.2, 0) is 25.7 Å². The molecule has 2 aliphatic carbocycles. The third kappa shape index (κ3) is 2.41. The van der Waals surface area contributed by atoms with Crippen molar-refractivity contribution in [3.05, 3.63) is 71.3 Å². The van der Waals surface area contributed by atoms with Crippen LogP contribution in [0.5, 0.6) is 0 Å². The minimum absolute atomic E-state index is 1.24. The summed E-state index contributed by atoms with van der Waals surface area (Å²) in [6.07, 6.45) is 19.7. The summed E-state index contributed by atoms with van der Waals surface area (Å²) >= 11 is 0. The van der Waals surface area contributed by atoms with E-state index in [0.717, 1.165) is 0 Å². The molecule has 2 aliphatic rings. The zero-order chi connectivity index (χ0) is 15.9. The summed E-state index contributed by atoms with van der Waals surface area (Å²) in [5.74, 6) is 0. The minimum Gasteiger partial charge on any atom is -0.323 e. The fourth-order valence-electron chi connectivity index (χ4n) is 4.35. The van der Waals surface area contributed by atoms with Gasteiger partial charge in [-0.15, -0.1) is 0 Å². The molecule has 3 aromatic rings. The Labute approximate surface area is 143 Å². The molecule has 2 heteroatoms. The van der Waals surface area contributed by atoms with Gasteiger partial charge in [0.05, 0.1) is 0 Å². The maximum absolute atomic E-state index is 2.34. The summed E-state index contributed by atoms with van der Waals surface area (Å²) < 4.78 is 4.64. The average Bonchev–Trinajstić information content (AvgIpc) is 3.26. The number of fused-ring (bicyclic) bond motifs is 2. The normalized spacial score (nSPS) is 16.7. The monoisotopic (exact) mass is 316 g/mol. The second-order valence-electron chi connectivity index (χ2n) is 7.37. The van der Waals surface area contributed by atoms with Gasteiger partial charge in [0.1, 0.15) is 0 Å². The highest BCUT2D eigenvalue weighted by atomic mass is 15.0. The van der Waals surface area contributed by atoms with E-state index in [0.29, 0.717) is 0 Å². The smallest absolute Gasteiger partial charge is 0.0470 e. The van der Waals surface area contributed by atoms with Gasteiger partial charge in [-0.25, -0.2) is 0 Å². The highest BCUT2D eigenvalue weighted by Gasteiger charge is 2.14. The SMILES string of the molecule is c1cc(-n2cc3c(c2)CCCC3)cc(-n2cc3c(c2)CCCC3)c1. The number of aromatic nitrogens is 2. The molecule has 24 heavy (non-hydrogen) atoms. The van der Waals surface area contributed by atoms with Crippen LogP contribution < -0.4 is 0 Å². The Balaban J connectivity index is 1.52. The average molecular weight is 316 g/mol. The van der Waals surface area contributed by atoms with E-state index in [9.17, 15) is 0 Å². The van der Waals surface area contributed by atoms with Gasteiger partial charge in [-0.3, -0.25) is 0 Å². The van der Waals surface area contributed by atoms with Crippen LogP contribution in [0, 0.1) is 0 Å². The van der Waals surface area contributed by atoms with Crippen molar-refractivity contribution in [3.63, 3.8) is 0 Å². The molecule has 0 radical (unpaired) electrons. The van der Waals surface area contributed by atoms with E-state index in [4.69, 9.17) is 0 Å². The van der Waals surface area contributed by atoms with Gasteiger partial charge in [0.2, 0.25) is 0 Å². The molecule has 0 saturated heterocycles. The van der Waals surface area contributed by atoms with Gasteiger partial charge in [0.25, 0.3) is 0 Å². The Morgan fingerprint density at radius 3 is 1.29 bits per heavy atom. The summed E-state index contributed by atoms with van der Waals surface area (Å²) in [6.45, 7) is 0. The molecule has 0 saturated carbocycles. The molecule has 0 N–H and O–H groups in total. The maximum Gasteiger partial charge on any atom is 0.0470 e. The van der Waals surface area contributed by atoms with E-state index >= 15 is 0 Å². The Morgan fingerprint density at radius 2 is 0.917 bits per heavy atom. The number of benzene rings is 1. The van der Waals surface area contributed by atoms with Crippen LogP contribution in [-0.4, -0.2) is 9.13 Å². The summed E-state index contributed by atoms with van der Waals surface area (Å²) in [5.41, 5.74) is 8.72. The van der Waals surface area contributed by atoms with Crippen molar-refractivity contribution in [2.75, 3.05) is 0 Å². The van der Waals surface area contributed by atoms with Gasteiger partial charge in [0, 0.05) is 36.2 Å². The molecule has 2 heterocycles. The van der Waals surface area contributed by atoms with Gasteiger partial charge in [-0.05, 0) is 91.8 Å². The van der Waals surface area contributed by atoms with Crippen molar-refractivity contribution >= 4 is 0 Å². The Bertz CT molecular complexity index is 765. The first-order chi connectivity index (χ1) is 11.9. The Hall–Kier alpha value is -2.22. The molecular weight excluding hydrogens is 292 g/mol. The second-order valence-corrected chi connectivity index (χ2v) is 7.37. The van der Waals surface area contributed by atoms with Gasteiger partial charge < -0.3 is 9.13 Å². The topological polar surface area (TPSA) is 9.86 Å². The highest BCUT2D eigenvalue weighted by molar-refractivity contribution is 5.47. The van der Waals surface area contributed by atoms with Crippen LogP contribution in [0.25, 0.3) is 11.4 Å². The van der Waals surface area contributed by atoms with Crippen molar-refractivity contribution in [3.8, 4) is 11.4 Å². The van der Waals surface area contributed by atoms with E-state index in [1.54, 1.807) is 22.3 Å². The molecule has 0 bridgehead atoms. The van der Waals surface area contributed by atoms with Crippen molar-refractivity contribution in [2.45, 2.75) is 51.4 Å². The van der Waals surface area contributed by atoms with Gasteiger partial charge in [-0.2, -0.15) is 0 Å². The first-order valence-electron chi connectivity index (χ1n) is 9.37. The summed E-state index contributed by atoms with van der Waals surface area (Å²) in [5, 5.41) is 0. The molecule has 1 aromatic carbocycles. The zero-order valence-corrected chi connectivity index (χ0v) is 14.2. The second kappa shape index (κ2) is 5.70. The molecule has 2 aromatic heterocycles. The molecule has 2 nitrogen and oxygen atoms in total. The molecule has 0 spiro atoms. The number of hydrogen-bond donors (Lipinski definition) is 0. The number of hydrogen-bond acceptors (Lipinski definition) is 0. The standard InChI is InChI=1S/C22H24N2/c1-2-7-18-14-23(13-17(18)6-1)21-10-5-11-22(12-21)24-15-19-8-3-4-9-20(19)16-24/h5,10-16H,1-4,6-9H2. The van der Waals surface area contributed by atoms with Crippen LogP contribution in [0.1, 0.15) is 47.9 Å². The molecule has 5 rings (SSSR count). The fraction of sp³-hybridized carbons (Fsp3) is 0.364. The lowest BCUT2D eigenvalue weighted by Gasteiger charge is -2.08. The van der Waals surface area contributed by atoms with E-state index in [1.807, 2.05) is 0 Å². The molecule has 122 valence electrons. The van der Waals surface area contributed by atoms with Crippen LogP contribution >= 0.6 is 0 Å². The lowest BCUT2D eigenvalue weighted by Crippen LogP contribution is -1.97. The van der Waals surface area contributed by atoms with Crippen molar-refractivity contribution in [2.24, 2.45) is 0 Å². The molecular formula is C22H24N2. The Morgan fingerprint density at radius 1 is 0.542 bits per heavy atom. The van der Waals surface area contributed by atoms with Gasteiger partial charge in [-0.1, -0.05) is 6.07 Å². The van der Waals surface area contributed by atoms with Crippen LogP contribution in [0.15, 0.2) is 49.1 Å². The first-order valence-corrected chi connectivity index (χ1v) is 9.37. The lowest BCUT2D eigenvalue weighted by molar-refractivity contribution is 0.690. The van der Waals surface area contributed by atoms with Crippen molar-refractivity contribution in [1.82, 2.24) is 9.13 Å². The molecule has 0 fully saturated rings. The first kappa shape index (κ1) is 14.2. The fourth-order valence-corrected chi connectivity index (χ4v) is 4.35. The highest BCUT2D eigenvalue weighted by Crippen LogP contribution is 2.27. The predicted octanol–water partition coefficient (Wildman–Crippen LogP) is 5.03. The van der Waals surface area contributed by atoms with Gasteiger partial charge in [0.15, 0.2) is 0 Å². The Kier molecular flexibility index (Phi) is 3.36. The van der Waals surface area contributed by atoms with E-state index in [2.05, 4.69) is 58.2 Å². The summed E-state index contributed by atoms with van der Waals surface area (Å²) in [4.78, 5) is 0. The largest absolute Gasteiger partial charge is 0.323 e. The number of nitrogens with zero attached hydrogens (tertiary/aromatic N) is 2. The van der Waals surface area contributed by atoms with Gasteiger partial charge >= 0.3 is 0 Å². The maximum atomic E-state index is 2.34. The summed E-state index contributed by atoms with van der Waals surface area (Å²) in [7, 11) is 0. The molecule has 0 unspecified atom stereocenters. The minimum atomic E-state index is 1.24. The third-order valence-corrected chi connectivity index (χ3v) is 5.72. The van der Waals surface area contributed by atoms with Crippen molar-refractivity contribution < 1.29 is 0 Å². The quantitative estimate of drug-likeness (QED) is 0.628. The molecule has 0 aliphatic heterocycles. The molecule has 0 amide bonds. The predicted molar refractivity (Wildman–Crippen MR) is 98.4 cm³/mol. The van der Waals surface area contributed by atoms with Crippen LogP contribution in [0.2, 0.25) is 0 Å². The lowest BCUT2D eigenvalue weighted by atomic mass is 9.96. The van der Waals surface area contributed by atoms with E-state index in [1.165, 1.54) is 62.7 Å². The van der Waals surface area contributed by atoms with E-state index in [-0.39, 0.29) is 0 Å². The number of aryl methyl sites for hydroxylation is 4. The third-order valence-electron chi connectivity index (χ3n) is 5.72. The zero-order valence-electron chi connectivity index (χ0n) is 14.2. The van der Waals surface area contributed by atoms with E-state index < -0.39 is 0 Å².